The van der Waals surface area contributed by atoms with Gasteiger partial charge in [-0.15, -0.1) is 0 Å². The van der Waals surface area contributed by atoms with Crippen molar-refractivity contribution in [3.05, 3.63) is 60.9 Å². The van der Waals surface area contributed by atoms with Gasteiger partial charge < -0.3 is 15.0 Å². The van der Waals surface area contributed by atoms with Crippen molar-refractivity contribution >= 4 is 22.5 Å². The fraction of sp³-hybridized carbons (Fsp3) is 0.286. The van der Waals surface area contributed by atoms with E-state index in [0.29, 0.717) is 18.3 Å². The van der Waals surface area contributed by atoms with Gasteiger partial charge in [-0.1, -0.05) is 30.3 Å². The molecule has 1 aromatic heterocycles. The average Bonchev–Trinajstić information content (AvgIpc) is 3.20. The number of anilines is 1. The second-order valence-corrected chi connectivity index (χ2v) is 6.72. The normalized spacial score (nSPS) is 16.4. The molecule has 4 rings (SSSR count). The molecule has 1 unspecified atom stereocenters. The zero-order valence-corrected chi connectivity index (χ0v) is 15.0. The third-order valence-electron chi connectivity index (χ3n) is 4.84. The molecule has 6 heteroatoms. The van der Waals surface area contributed by atoms with E-state index in [1.54, 1.807) is 0 Å². The van der Waals surface area contributed by atoms with Crippen molar-refractivity contribution in [3.8, 4) is 5.88 Å². The summed E-state index contributed by atoms with van der Waals surface area (Å²) in [6.07, 6.45) is 2.53. The lowest BCUT2D eigenvalue weighted by atomic mass is 10.1. The van der Waals surface area contributed by atoms with Gasteiger partial charge in [-0.25, -0.2) is 9.97 Å². The summed E-state index contributed by atoms with van der Waals surface area (Å²) >= 11 is 0. The predicted molar refractivity (Wildman–Crippen MR) is 105 cm³/mol. The number of fused-ring (bicyclic) bond motifs is 1. The minimum atomic E-state index is -0.129. The van der Waals surface area contributed by atoms with Crippen LogP contribution in [0, 0.1) is 5.92 Å². The first-order chi connectivity index (χ1) is 13.3. The quantitative estimate of drug-likeness (QED) is 0.730. The SMILES string of the molecule is O=C(COc1ncnc2ccccc12)NCC1CCN(c2ccccc2)C1. The molecule has 0 saturated carbocycles. The van der Waals surface area contributed by atoms with Crippen LogP contribution < -0.4 is 15.0 Å². The lowest BCUT2D eigenvalue weighted by Crippen LogP contribution is -2.34. The number of nitrogens with one attached hydrogen (secondary N) is 1. The molecule has 1 amide bonds. The van der Waals surface area contributed by atoms with Crippen LogP contribution in [0.25, 0.3) is 10.9 Å². The topological polar surface area (TPSA) is 67.3 Å². The summed E-state index contributed by atoms with van der Waals surface area (Å²) < 4.78 is 5.61. The van der Waals surface area contributed by atoms with E-state index in [2.05, 4.69) is 44.5 Å². The number of ether oxygens (including phenoxy) is 1. The summed E-state index contributed by atoms with van der Waals surface area (Å²) in [5.74, 6) is 0.761. The Kier molecular flexibility index (Phi) is 5.14. The Balaban J connectivity index is 1.26. The van der Waals surface area contributed by atoms with Crippen molar-refractivity contribution in [2.45, 2.75) is 6.42 Å². The van der Waals surface area contributed by atoms with Crippen molar-refractivity contribution in [1.82, 2.24) is 15.3 Å². The number of nitrogens with zero attached hydrogens (tertiary/aromatic N) is 3. The highest BCUT2D eigenvalue weighted by atomic mass is 16.5. The first-order valence-corrected chi connectivity index (χ1v) is 9.19. The molecule has 138 valence electrons. The summed E-state index contributed by atoms with van der Waals surface area (Å²) in [6.45, 7) is 2.60. The molecular formula is C21H22N4O2. The van der Waals surface area contributed by atoms with Gasteiger partial charge in [0.2, 0.25) is 5.88 Å². The monoisotopic (exact) mass is 362 g/mol. The molecule has 1 saturated heterocycles. The molecule has 0 radical (unpaired) electrons. The lowest BCUT2D eigenvalue weighted by Gasteiger charge is -2.18. The average molecular weight is 362 g/mol. The molecule has 27 heavy (non-hydrogen) atoms. The van der Waals surface area contributed by atoms with Crippen molar-refractivity contribution in [3.63, 3.8) is 0 Å². The van der Waals surface area contributed by atoms with Crippen molar-refractivity contribution in [2.75, 3.05) is 31.1 Å². The third-order valence-corrected chi connectivity index (χ3v) is 4.84. The predicted octanol–water partition coefficient (Wildman–Crippen LogP) is 2.65. The van der Waals surface area contributed by atoms with E-state index < -0.39 is 0 Å². The zero-order chi connectivity index (χ0) is 18.5. The Morgan fingerprint density at radius 3 is 2.81 bits per heavy atom. The highest BCUT2D eigenvalue weighted by Gasteiger charge is 2.23. The molecule has 0 aliphatic carbocycles. The molecule has 6 nitrogen and oxygen atoms in total. The Hall–Kier alpha value is -3.15. The van der Waals surface area contributed by atoms with Gasteiger partial charge in [0.1, 0.15) is 6.33 Å². The van der Waals surface area contributed by atoms with Gasteiger partial charge in [0.15, 0.2) is 6.61 Å². The molecule has 1 N–H and O–H groups in total. The Morgan fingerprint density at radius 2 is 1.93 bits per heavy atom. The highest BCUT2D eigenvalue weighted by molar-refractivity contribution is 5.84. The number of aromatic nitrogens is 2. The van der Waals surface area contributed by atoms with Gasteiger partial charge in [0.05, 0.1) is 10.9 Å². The molecule has 1 atom stereocenters. The molecule has 0 bridgehead atoms. The fourth-order valence-electron chi connectivity index (χ4n) is 3.41. The number of carbonyl (C=O) groups is 1. The van der Waals surface area contributed by atoms with Crippen LogP contribution in [-0.2, 0) is 4.79 Å². The first kappa shape index (κ1) is 17.3. The van der Waals surface area contributed by atoms with Gasteiger partial charge >= 0.3 is 0 Å². The van der Waals surface area contributed by atoms with Crippen molar-refractivity contribution in [1.29, 1.82) is 0 Å². The van der Waals surface area contributed by atoms with Crippen molar-refractivity contribution in [2.24, 2.45) is 5.92 Å². The van der Waals surface area contributed by atoms with Crippen LogP contribution in [0.3, 0.4) is 0 Å². The van der Waals surface area contributed by atoms with Crippen molar-refractivity contribution < 1.29 is 9.53 Å². The van der Waals surface area contributed by atoms with E-state index in [1.165, 1.54) is 12.0 Å². The van der Waals surface area contributed by atoms with E-state index in [1.807, 2.05) is 30.3 Å². The smallest absolute Gasteiger partial charge is 0.258 e. The number of para-hydroxylation sites is 2. The van der Waals surface area contributed by atoms with Crippen LogP contribution >= 0.6 is 0 Å². The highest BCUT2D eigenvalue weighted by Crippen LogP contribution is 2.23. The number of amides is 1. The second-order valence-electron chi connectivity index (χ2n) is 6.72. The molecule has 2 aromatic carbocycles. The lowest BCUT2D eigenvalue weighted by molar-refractivity contribution is -0.123. The van der Waals surface area contributed by atoms with Gasteiger partial charge in [-0.3, -0.25) is 4.79 Å². The van der Waals surface area contributed by atoms with Crippen LogP contribution in [0.2, 0.25) is 0 Å². The Labute approximate surface area is 158 Å². The van der Waals surface area contributed by atoms with Gasteiger partial charge in [0, 0.05) is 25.3 Å². The summed E-state index contributed by atoms with van der Waals surface area (Å²) in [5.41, 5.74) is 2.04. The van der Waals surface area contributed by atoms with Gasteiger partial charge in [-0.2, -0.15) is 0 Å². The Morgan fingerprint density at radius 1 is 1.11 bits per heavy atom. The number of rotatable bonds is 6. The Bertz CT molecular complexity index is 911. The first-order valence-electron chi connectivity index (χ1n) is 9.19. The molecule has 1 aliphatic heterocycles. The van der Waals surface area contributed by atoms with Gasteiger partial charge in [0.25, 0.3) is 5.91 Å². The second kappa shape index (κ2) is 8.03. The minimum Gasteiger partial charge on any atom is -0.467 e. The number of hydrogen-bond donors (Lipinski definition) is 1. The molecule has 1 aliphatic rings. The van der Waals surface area contributed by atoms with Gasteiger partial charge in [-0.05, 0) is 36.6 Å². The maximum absolute atomic E-state index is 12.2. The van der Waals surface area contributed by atoms with E-state index in [-0.39, 0.29) is 12.5 Å². The number of carbonyl (C=O) groups excluding carboxylic acids is 1. The fourth-order valence-corrected chi connectivity index (χ4v) is 3.41. The summed E-state index contributed by atoms with van der Waals surface area (Å²) in [5, 5.41) is 3.79. The van der Waals surface area contributed by atoms with Crippen LogP contribution in [-0.4, -0.2) is 42.1 Å². The van der Waals surface area contributed by atoms with Crippen LogP contribution in [0.1, 0.15) is 6.42 Å². The maximum Gasteiger partial charge on any atom is 0.258 e. The maximum atomic E-state index is 12.2. The molecular weight excluding hydrogens is 340 g/mol. The number of benzene rings is 2. The van der Waals surface area contributed by atoms with Crippen LogP contribution in [0.5, 0.6) is 5.88 Å². The van der Waals surface area contributed by atoms with E-state index in [9.17, 15) is 4.79 Å². The third kappa shape index (κ3) is 4.16. The zero-order valence-electron chi connectivity index (χ0n) is 15.0. The molecule has 2 heterocycles. The summed E-state index contributed by atoms with van der Waals surface area (Å²) in [6, 6.07) is 18.0. The molecule has 0 spiro atoms. The summed E-state index contributed by atoms with van der Waals surface area (Å²) in [4.78, 5) is 22.9. The van der Waals surface area contributed by atoms with Crippen LogP contribution in [0.4, 0.5) is 5.69 Å². The molecule has 3 aromatic rings. The molecule has 1 fully saturated rings. The minimum absolute atomic E-state index is 0.0455. The largest absolute Gasteiger partial charge is 0.467 e. The van der Waals surface area contributed by atoms with E-state index >= 15 is 0 Å². The van der Waals surface area contributed by atoms with Crippen LogP contribution in [0.15, 0.2) is 60.9 Å². The van der Waals surface area contributed by atoms with E-state index in [4.69, 9.17) is 4.74 Å². The van der Waals surface area contributed by atoms with E-state index in [0.717, 1.165) is 30.4 Å². The standard InChI is InChI=1S/C21H22N4O2/c26-20(14-27-21-18-8-4-5-9-19(18)23-15-24-21)22-12-16-10-11-25(13-16)17-6-2-1-3-7-17/h1-9,15-16H,10-14H2,(H,22,26). The number of hydrogen-bond acceptors (Lipinski definition) is 5. The summed E-state index contributed by atoms with van der Waals surface area (Å²) in [7, 11) is 0.